The summed E-state index contributed by atoms with van der Waals surface area (Å²) in [4.78, 5) is 43.3. The number of urea groups is 1. The third kappa shape index (κ3) is 3.61. The molecule has 12 heteroatoms. The molecule has 2 N–H and O–H groups in total. The summed E-state index contributed by atoms with van der Waals surface area (Å²) in [6, 6.07) is 9.14. The van der Waals surface area contributed by atoms with E-state index >= 15 is 0 Å². The Morgan fingerprint density at radius 1 is 1.21 bits per heavy atom. The van der Waals surface area contributed by atoms with Gasteiger partial charge in [-0.2, -0.15) is 5.10 Å². The minimum atomic E-state index is -1.36. The van der Waals surface area contributed by atoms with Gasteiger partial charge in [-0.25, -0.2) is 14.5 Å². The highest BCUT2D eigenvalue weighted by molar-refractivity contribution is 6.31. The van der Waals surface area contributed by atoms with Crippen LogP contribution in [0.4, 0.5) is 10.5 Å². The first-order valence-corrected chi connectivity index (χ1v) is 10.2. The van der Waals surface area contributed by atoms with Crippen LogP contribution < -0.4 is 20.1 Å². The number of nitrogens with zero attached hydrogens (tertiary/aromatic N) is 4. The molecule has 0 aliphatic carbocycles. The SMILES string of the molecule is CC1(c2ccc3c(c2)OCO3)NC(=O)N(CC(=O)Nc2cc(Cl)ccc2-n2cncn2)C1=O. The average molecular weight is 469 g/mol. The Balaban J connectivity index is 1.35. The number of aromatic nitrogens is 3. The van der Waals surface area contributed by atoms with Gasteiger partial charge in [-0.05, 0) is 42.8 Å². The molecule has 1 aromatic heterocycles. The number of rotatable bonds is 5. The van der Waals surface area contributed by atoms with Gasteiger partial charge in [0.2, 0.25) is 12.7 Å². The van der Waals surface area contributed by atoms with Crippen LogP contribution in [0.25, 0.3) is 5.69 Å². The minimum absolute atomic E-state index is 0.0855. The number of fused-ring (bicyclic) bond motifs is 1. The van der Waals surface area contributed by atoms with Crippen LogP contribution in [0.1, 0.15) is 12.5 Å². The van der Waals surface area contributed by atoms with Crippen LogP contribution in [0, 0.1) is 0 Å². The normalized spacial score (nSPS) is 19.0. The molecule has 33 heavy (non-hydrogen) atoms. The number of carbonyl (C=O) groups excluding carboxylic acids is 3. The lowest BCUT2D eigenvalue weighted by atomic mass is 9.91. The Labute approximate surface area is 192 Å². The van der Waals surface area contributed by atoms with Crippen LogP contribution >= 0.6 is 11.6 Å². The zero-order valence-electron chi connectivity index (χ0n) is 17.2. The second-order valence-electron chi connectivity index (χ2n) is 7.56. The summed E-state index contributed by atoms with van der Waals surface area (Å²) in [6.45, 7) is 1.17. The van der Waals surface area contributed by atoms with Crippen molar-refractivity contribution in [3.8, 4) is 17.2 Å². The van der Waals surface area contributed by atoms with Crippen molar-refractivity contribution in [2.75, 3.05) is 18.7 Å². The monoisotopic (exact) mass is 468 g/mol. The standard InChI is InChI=1S/C21H17ClN6O5/c1-21(12-2-5-16-17(6-12)33-11-32-16)19(30)27(20(31)26-21)8-18(29)25-14-7-13(22)3-4-15(14)28-10-23-9-24-28/h2-7,9-10H,8,11H2,1H3,(H,25,29)(H,26,31). The summed E-state index contributed by atoms with van der Waals surface area (Å²) in [5, 5.41) is 9.79. The second-order valence-corrected chi connectivity index (χ2v) is 8.00. The Morgan fingerprint density at radius 2 is 2.03 bits per heavy atom. The fourth-order valence-electron chi connectivity index (χ4n) is 3.72. The van der Waals surface area contributed by atoms with Crippen LogP contribution in [-0.4, -0.2) is 50.8 Å². The zero-order chi connectivity index (χ0) is 23.2. The van der Waals surface area contributed by atoms with Crippen molar-refractivity contribution in [1.82, 2.24) is 25.0 Å². The van der Waals surface area contributed by atoms with Crippen molar-refractivity contribution in [1.29, 1.82) is 0 Å². The summed E-state index contributed by atoms with van der Waals surface area (Å²) < 4.78 is 12.1. The molecule has 1 atom stereocenters. The maximum atomic E-state index is 13.2. The predicted molar refractivity (Wildman–Crippen MR) is 115 cm³/mol. The van der Waals surface area contributed by atoms with Gasteiger partial charge < -0.3 is 20.1 Å². The van der Waals surface area contributed by atoms with Gasteiger partial charge in [-0.15, -0.1) is 0 Å². The van der Waals surface area contributed by atoms with Crippen molar-refractivity contribution in [2.45, 2.75) is 12.5 Å². The summed E-state index contributed by atoms with van der Waals surface area (Å²) in [6.07, 6.45) is 2.82. The van der Waals surface area contributed by atoms with Crippen molar-refractivity contribution >= 4 is 35.1 Å². The smallest absolute Gasteiger partial charge is 0.325 e. The van der Waals surface area contributed by atoms with E-state index in [1.165, 1.54) is 17.3 Å². The van der Waals surface area contributed by atoms with Gasteiger partial charge in [0.1, 0.15) is 24.7 Å². The number of benzene rings is 2. The summed E-state index contributed by atoms with van der Waals surface area (Å²) >= 11 is 6.08. The predicted octanol–water partition coefficient (Wildman–Crippen LogP) is 2.06. The number of amides is 4. The molecule has 0 bridgehead atoms. The van der Waals surface area contributed by atoms with Gasteiger partial charge in [-0.3, -0.25) is 14.5 Å². The van der Waals surface area contributed by atoms with Crippen molar-refractivity contribution in [2.24, 2.45) is 0 Å². The van der Waals surface area contributed by atoms with E-state index in [0.717, 1.165) is 4.90 Å². The van der Waals surface area contributed by atoms with Gasteiger partial charge in [0.15, 0.2) is 11.5 Å². The third-order valence-corrected chi connectivity index (χ3v) is 5.66. The van der Waals surface area contributed by atoms with Gasteiger partial charge in [0.25, 0.3) is 5.91 Å². The lowest BCUT2D eigenvalue weighted by molar-refractivity contribution is -0.133. The quantitative estimate of drug-likeness (QED) is 0.548. The molecular weight excluding hydrogens is 452 g/mol. The van der Waals surface area contributed by atoms with E-state index in [1.54, 1.807) is 43.3 Å². The molecule has 2 aromatic carbocycles. The molecule has 11 nitrogen and oxygen atoms in total. The molecular formula is C21H17ClN6O5. The fourth-order valence-corrected chi connectivity index (χ4v) is 3.89. The average Bonchev–Trinajstić information content (AvgIpc) is 3.51. The molecule has 168 valence electrons. The fraction of sp³-hybridized carbons (Fsp3) is 0.190. The number of hydrogen-bond acceptors (Lipinski definition) is 7. The number of carbonyl (C=O) groups is 3. The first-order valence-electron chi connectivity index (χ1n) is 9.84. The van der Waals surface area contributed by atoms with Gasteiger partial charge in [0, 0.05) is 5.02 Å². The van der Waals surface area contributed by atoms with Crippen LogP contribution in [-0.2, 0) is 15.1 Å². The van der Waals surface area contributed by atoms with Gasteiger partial charge in [-0.1, -0.05) is 17.7 Å². The highest BCUT2D eigenvalue weighted by Gasteiger charge is 2.50. The Kier molecular flexibility index (Phi) is 4.90. The number of halogens is 1. The minimum Gasteiger partial charge on any atom is -0.454 e. The molecule has 3 aromatic rings. The molecule has 3 heterocycles. The molecule has 0 spiro atoms. The van der Waals surface area contributed by atoms with Crippen LogP contribution in [0.5, 0.6) is 11.5 Å². The molecule has 2 aliphatic heterocycles. The molecule has 4 amide bonds. The maximum Gasteiger partial charge on any atom is 0.325 e. The summed E-state index contributed by atoms with van der Waals surface area (Å²) in [7, 11) is 0. The molecule has 5 rings (SSSR count). The van der Waals surface area contributed by atoms with E-state index < -0.39 is 29.9 Å². The molecule has 2 aliphatic rings. The highest BCUT2D eigenvalue weighted by Crippen LogP contribution is 2.37. The van der Waals surface area contributed by atoms with E-state index in [-0.39, 0.29) is 6.79 Å². The van der Waals surface area contributed by atoms with Crippen LogP contribution in [0.3, 0.4) is 0 Å². The second kappa shape index (κ2) is 7.78. The van der Waals surface area contributed by atoms with E-state index in [9.17, 15) is 14.4 Å². The topological polar surface area (TPSA) is 128 Å². The van der Waals surface area contributed by atoms with Gasteiger partial charge >= 0.3 is 6.03 Å². The summed E-state index contributed by atoms with van der Waals surface area (Å²) in [5.41, 5.74) is 0.0212. The largest absolute Gasteiger partial charge is 0.454 e. The molecule has 1 unspecified atom stereocenters. The molecule has 1 fully saturated rings. The van der Waals surface area contributed by atoms with Crippen molar-refractivity contribution in [3.05, 3.63) is 59.6 Å². The lowest BCUT2D eigenvalue weighted by Gasteiger charge is -2.22. The third-order valence-electron chi connectivity index (χ3n) is 5.42. The van der Waals surface area contributed by atoms with E-state index in [1.807, 2.05) is 0 Å². The summed E-state index contributed by atoms with van der Waals surface area (Å²) in [5.74, 6) is -0.116. The first kappa shape index (κ1) is 20.8. The number of anilines is 1. The Morgan fingerprint density at radius 3 is 2.82 bits per heavy atom. The van der Waals surface area contributed by atoms with E-state index in [4.69, 9.17) is 21.1 Å². The number of imide groups is 1. The maximum absolute atomic E-state index is 13.2. The number of nitrogens with one attached hydrogen (secondary N) is 2. The van der Waals surface area contributed by atoms with Crippen molar-refractivity contribution in [3.63, 3.8) is 0 Å². The number of ether oxygens (including phenoxy) is 2. The van der Waals surface area contributed by atoms with Gasteiger partial charge in [0.05, 0.1) is 11.4 Å². The van der Waals surface area contributed by atoms with Crippen molar-refractivity contribution < 1.29 is 23.9 Å². The molecule has 0 radical (unpaired) electrons. The molecule has 1 saturated heterocycles. The Hall–Kier alpha value is -4.12. The first-order chi connectivity index (χ1) is 15.8. The van der Waals surface area contributed by atoms with E-state index in [2.05, 4.69) is 20.7 Å². The molecule has 0 saturated carbocycles. The zero-order valence-corrected chi connectivity index (χ0v) is 18.0. The van der Waals surface area contributed by atoms with Crippen LogP contribution in [0.15, 0.2) is 49.1 Å². The highest BCUT2D eigenvalue weighted by atomic mass is 35.5. The Bertz CT molecular complexity index is 1280. The number of hydrogen-bond donors (Lipinski definition) is 2. The van der Waals surface area contributed by atoms with E-state index in [0.29, 0.717) is 33.5 Å². The van der Waals surface area contributed by atoms with Crippen LogP contribution in [0.2, 0.25) is 5.02 Å². The lowest BCUT2D eigenvalue weighted by Crippen LogP contribution is -2.42.